The first-order valence-electron chi connectivity index (χ1n) is 6.83. The monoisotopic (exact) mass is 320 g/mol. The minimum Gasteiger partial charge on any atom is -0.318 e. The highest BCUT2D eigenvalue weighted by Gasteiger charge is 2.16. The second kappa shape index (κ2) is 5.16. The maximum Gasteiger partial charge on any atom is 0.332 e. The molecule has 0 atom stereocenters. The summed E-state index contributed by atoms with van der Waals surface area (Å²) in [5.74, 6) is 0.319. The summed E-state index contributed by atoms with van der Waals surface area (Å²) in [4.78, 5) is 28.4. The van der Waals surface area contributed by atoms with Crippen molar-refractivity contribution in [3.63, 3.8) is 0 Å². The molecule has 3 aromatic rings. The molecule has 0 amide bonds. The fourth-order valence-electron chi connectivity index (χ4n) is 2.23. The zero-order valence-corrected chi connectivity index (χ0v) is 13.6. The van der Waals surface area contributed by atoms with Crippen molar-refractivity contribution in [2.24, 2.45) is 14.1 Å². The molecule has 116 valence electrons. The zero-order chi connectivity index (χ0) is 16.0. The third kappa shape index (κ3) is 2.17. The van der Waals surface area contributed by atoms with Gasteiger partial charge in [0, 0.05) is 20.0 Å². The van der Waals surface area contributed by atoms with Crippen LogP contribution in [0.5, 0.6) is 0 Å². The highest BCUT2D eigenvalue weighted by Crippen LogP contribution is 2.20. The summed E-state index contributed by atoms with van der Waals surface area (Å²) in [5.41, 5.74) is 0.0255. The Bertz CT molecular complexity index is 961. The van der Waals surface area contributed by atoms with Crippen LogP contribution in [0.4, 0.5) is 0 Å². The molecule has 3 aromatic heterocycles. The standard InChI is InChI=1S/C13H16N6O2S/c1-7(2)11-16-15-8(22-11)5-19-6-14-10-9(19)12(20)18(4)13(21)17(10)3/h6-7H,5H2,1-4H3. The molecule has 0 aromatic carbocycles. The normalized spacial score (nSPS) is 11.7. The number of nitrogens with zero attached hydrogens (tertiary/aromatic N) is 6. The summed E-state index contributed by atoms with van der Waals surface area (Å²) in [7, 11) is 3.06. The smallest absolute Gasteiger partial charge is 0.318 e. The van der Waals surface area contributed by atoms with Crippen LogP contribution in [0.1, 0.15) is 29.8 Å². The molecular formula is C13H16N6O2S. The van der Waals surface area contributed by atoms with E-state index in [2.05, 4.69) is 29.0 Å². The lowest BCUT2D eigenvalue weighted by atomic mass is 10.2. The Morgan fingerprint density at radius 3 is 2.55 bits per heavy atom. The number of imidazole rings is 1. The number of aromatic nitrogens is 6. The van der Waals surface area contributed by atoms with Gasteiger partial charge in [-0.15, -0.1) is 10.2 Å². The number of hydrogen-bond acceptors (Lipinski definition) is 6. The zero-order valence-electron chi connectivity index (χ0n) is 12.8. The Labute approximate surface area is 129 Å². The predicted molar refractivity (Wildman–Crippen MR) is 83.3 cm³/mol. The van der Waals surface area contributed by atoms with E-state index in [0.717, 1.165) is 14.6 Å². The van der Waals surface area contributed by atoms with Gasteiger partial charge in [-0.1, -0.05) is 25.2 Å². The summed E-state index contributed by atoms with van der Waals surface area (Å²) in [6, 6.07) is 0. The van der Waals surface area contributed by atoms with Gasteiger partial charge in [0.15, 0.2) is 11.2 Å². The van der Waals surface area contributed by atoms with Crippen molar-refractivity contribution in [3.05, 3.63) is 37.2 Å². The van der Waals surface area contributed by atoms with Crippen molar-refractivity contribution in [2.75, 3.05) is 0 Å². The van der Waals surface area contributed by atoms with E-state index in [1.807, 2.05) is 0 Å². The van der Waals surface area contributed by atoms with Crippen molar-refractivity contribution in [1.29, 1.82) is 0 Å². The van der Waals surface area contributed by atoms with E-state index in [-0.39, 0.29) is 11.2 Å². The van der Waals surface area contributed by atoms with E-state index in [4.69, 9.17) is 0 Å². The quantitative estimate of drug-likeness (QED) is 0.699. The van der Waals surface area contributed by atoms with Crippen LogP contribution in [0.15, 0.2) is 15.9 Å². The van der Waals surface area contributed by atoms with E-state index in [9.17, 15) is 9.59 Å². The van der Waals surface area contributed by atoms with Crippen molar-refractivity contribution >= 4 is 22.5 Å². The molecule has 3 rings (SSSR count). The maximum atomic E-state index is 12.3. The molecule has 9 heteroatoms. The van der Waals surface area contributed by atoms with Crippen LogP contribution < -0.4 is 11.2 Å². The van der Waals surface area contributed by atoms with Crippen LogP contribution in [-0.2, 0) is 20.6 Å². The van der Waals surface area contributed by atoms with Crippen LogP contribution in [0.3, 0.4) is 0 Å². The average molecular weight is 320 g/mol. The molecule has 0 saturated heterocycles. The van der Waals surface area contributed by atoms with Crippen molar-refractivity contribution < 1.29 is 0 Å². The van der Waals surface area contributed by atoms with Crippen LogP contribution in [-0.4, -0.2) is 28.9 Å². The van der Waals surface area contributed by atoms with E-state index in [0.29, 0.717) is 23.6 Å². The summed E-state index contributed by atoms with van der Waals surface area (Å²) in [6.07, 6.45) is 1.56. The SMILES string of the molecule is CC(C)c1nnc(Cn2cnc3c2c(=O)n(C)c(=O)n3C)s1. The maximum absolute atomic E-state index is 12.3. The second-order valence-electron chi connectivity index (χ2n) is 5.44. The number of aryl methyl sites for hydroxylation is 1. The van der Waals surface area contributed by atoms with Gasteiger partial charge in [0.1, 0.15) is 10.0 Å². The largest absolute Gasteiger partial charge is 0.332 e. The molecule has 8 nitrogen and oxygen atoms in total. The van der Waals surface area contributed by atoms with Gasteiger partial charge in [-0.3, -0.25) is 13.9 Å². The third-order valence-electron chi connectivity index (χ3n) is 3.50. The number of rotatable bonds is 3. The molecule has 0 radical (unpaired) electrons. The van der Waals surface area contributed by atoms with E-state index in [1.54, 1.807) is 17.9 Å². The van der Waals surface area contributed by atoms with Crippen LogP contribution in [0.25, 0.3) is 11.2 Å². The van der Waals surface area contributed by atoms with Gasteiger partial charge in [0.25, 0.3) is 5.56 Å². The Kier molecular flexibility index (Phi) is 3.44. The lowest BCUT2D eigenvalue weighted by Crippen LogP contribution is -2.37. The highest BCUT2D eigenvalue weighted by atomic mass is 32.1. The Morgan fingerprint density at radius 1 is 1.18 bits per heavy atom. The van der Waals surface area contributed by atoms with Gasteiger partial charge in [0.2, 0.25) is 0 Å². The van der Waals surface area contributed by atoms with Gasteiger partial charge in [0.05, 0.1) is 12.9 Å². The predicted octanol–water partition coefficient (Wildman–Crippen LogP) is 0.457. The first-order chi connectivity index (χ1) is 10.4. The van der Waals surface area contributed by atoms with Crippen molar-refractivity contribution in [3.8, 4) is 0 Å². The minimum atomic E-state index is -0.388. The lowest BCUT2D eigenvalue weighted by molar-refractivity contribution is 0.701. The summed E-state index contributed by atoms with van der Waals surface area (Å²) in [6.45, 7) is 4.53. The minimum absolute atomic E-state index is 0.319. The molecule has 0 aliphatic carbocycles. The Hall–Kier alpha value is -2.29. The van der Waals surface area contributed by atoms with Crippen LogP contribution in [0, 0.1) is 0 Å². The number of fused-ring (bicyclic) bond motifs is 1. The Balaban J connectivity index is 2.12. The summed E-state index contributed by atoms with van der Waals surface area (Å²) in [5, 5.41) is 10.1. The highest BCUT2D eigenvalue weighted by molar-refractivity contribution is 7.11. The van der Waals surface area contributed by atoms with E-state index >= 15 is 0 Å². The molecule has 0 bridgehead atoms. The van der Waals surface area contributed by atoms with Gasteiger partial charge in [-0.05, 0) is 0 Å². The summed E-state index contributed by atoms with van der Waals surface area (Å²) < 4.78 is 4.16. The molecule has 0 fully saturated rings. The fraction of sp³-hybridized carbons (Fsp3) is 0.462. The molecule has 3 heterocycles. The molecule has 0 saturated carbocycles. The lowest BCUT2D eigenvalue weighted by Gasteiger charge is -2.05. The summed E-state index contributed by atoms with van der Waals surface area (Å²) >= 11 is 1.52. The molecule has 0 aliphatic heterocycles. The topological polar surface area (TPSA) is 87.6 Å². The van der Waals surface area contributed by atoms with E-state index in [1.165, 1.54) is 23.0 Å². The van der Waals surface area contributed by atoms with Crippen molar-refractivity contribution in [2.45, 2.75) is 26.3 Å². The van der Waals surface area contributed by atoms with Crippen molar-refractivity contribution in [1.82, 2.24) is 28.9 Å². The molecule has 0 N–H and O–H groups in total. The molecule has 0 aliphatic rings. The first kappa shape index (κ1) is 14.6. The molecule has 0 unspecified atom stereocenters. The fourth-order valence-corrected chi connectivity index (χ4v) is 3.07. The van der Waals surface area contributed by atoms with E-state index < -0.39 is 0 Å². The Morgan fingerprint density at radius 2 is 1.91 bits per heavy atom. The first-order valence-corrected chi connectivity index (χ1v) is 7.65. The number of hydrogen-bond donors (Lipinski definition) is 0. The molecule has 0 spiro atoms. The third-order valence-corrected chi connectivity index (χ3v) is 4.71. The van der Waals surface area contributed by atoms with Crippen LogP contribution in [0.2, 0.25) is 0 Å². The van der Waals surface area contributed by atoms with Gasteiger partial charge < -0.3 is 4.57 Å². The van der Waals surface area contributed by atoms with Gasteiger partial charge in [-0.2, -0.15) is 0 Å². The second-order valence-corrected chi connectivity index (χ2v) is 6.53. The molecular weight excluding hydrogens is 304 g/mol. The average Bonchev–Trinajstić information content (AvgIpc) is 3.10. The molecule has 22 heavy (non-hydrogen) atoms. The van der Waals surface area contributed by atoms with Crippen LogP contribution >= 0.6 is 11.3 Å². The van der Waals surface area contributed by atoms with Gasteiger partial charge in [-0.25, -0.2) is 9.78 Å². The van der Waals surface area contributed by atoms with Gasteiger partial charge >= 0.3 is 5.69 Å².